The maximum atomic E-state index is 3.80. The fourth-order valence-electron chi connectivity index (χ4n) is 4.24. The molecular formula is C18H36N2S. The highest BCUT2D eigenvalue weighted by Gasteiger charge is 2.37. The third-order valence-corrected chi connectivity index (χ3v) is 6.93. The van der Waals surface area contributed by atoms with Gasteiger partial charge in [-0.1, -0.05) is 40.0 Å². The summed E-state index contributed by atoms with van der Waals surface area (Å²) in [4.78, 5) is 2.84. The number of nitrogens with one attached hydrogen (secondary N) is 1. The molecule has 1 saturated carbocycles. The van der Waals surface area contributed by atoms with Crippen molar-refractivity contribution in [3.63, 3.8) is 0 Å². The standard InChI is InChI=1S/C18H36N2S/c1-5-17-12-19-16(11-15(2)3)13-20(17)14-18(21-4)9-7-6-8-10-18/h15-17,19H,5-14H2,1-4H3. The molecule has 0 aromatic carbocycles. The van der Waals surface area contributed by atoms with E-state index >= 15 is 0 Å². The second-order valence-corrected chi connectivity index (χ2v) is 8.95. The first kappa shape index (κ1) is 17.6. The smallest absolute Gasteiger partial charge is 0.0284 e. The van der Waals surface area contributed by atoms with E-state index in [4.69, 9.17) is 0 Å². The fourth-order valence-corrected chi connectivity index (χ4v) is 5.24. The van der Waals surface area contributed by atoms with Gasteiger partial charge in [-0.2, -0.15) is 11.8 Å². The Morgan fingerprint density at radius 3 is 2.52 bits per heavy atom. The molecule has 1 aliphatic carbocycles. The van der Waals surface area contributed by atoms with Gasteiger partial charge in [-0.05, 0) is 37.9 Å². The highest BCUT2D eigenvalue weighted by molar-refractivity contribution is 8.00. The average molecular weight is 313 g/mol. The Balaban J connectivity index is 1.99. The molecule has 2 nitrogen and oxygen atoms in total. The van der Waals surface area contributed by atoms with Crippen LogP contribution in [0.4, 0.5) is 0 Å². The van der Waals surface area contributed by atoms with Crippen LogP contribution in [0.15, 0.2) is 0 Å². The lowest BCUT2D eigenvalue weighted by Gasteiger charge is -2.47. The molecule has 1 N–H and O–H groups in total. The molecule has 0 bridgehead atoms. The molecule has 124 valence electrons. The van der Waals surface area contributed by atoms with E-state index in [1.807, 2.05) is 0 Å². The first-order chi connectivity index (χ1) is 10.1. The highest BCUT2D eigenvalue weighted by Crippen LogP contribution is 2.40. The molecule has 21 heavy (non-hydrogen) atoms. The summed E-state index contributed by atoms with van der Waals surface area (Å²) in [5, 5.41) is 3.80. The van der Waals surface area contributed by atoms with Crippen molar-refractivity contribution in [1.29, 1.82) is 0 Å². The van der Waals surface area contributed by atoms with E-state index in [-0.39, 0.29) is 0 Å². The van der Waals surface area contributed by atoms with E-state index in [1.165, 1.54) is 64.6 Å². The van der Waals surface area contributed by atoms with Crippen LogP contribution in [-0.2, 0) is 0 Å². The molecule has 0 spiro atoms. The largest absolute Gasteiger partial charge is 0.311 e. The molecule has 1 heterocycles. The lowest BCUT2D eigenvalue weighted by Crippen LogP contribution is -2.59. The van der Waals surface area contributed by atoms with Crippen LogP contribution in [0.1, 0.15) is 65.7 Å². The van der Waals surface area contributed by atoms with Crippen LogP contribution in [-0.4, -0.2) is 47.6 Å². The van der Waals surface area contributed by atoms with Gasteiger partial charge in [0.15, 0.2) is 0 Å². The van der Waals surface area contributed by atoms with Crippen molar-refractivity contribution in [2.24, 2.45) is 5.92 Å². The van der Waals surface area contributed by atoms with Gasteiger partial charge in [-0.25, -0.2) is 0 Å². The Labute approximate surface area is 136 Å². The Morgan fingerprint density at radius 2 is 1.95 bits per heavy atom. The monoisotopic (exact) mass is 312 g/mol. The van der Waals surface area contributed by atoms with E-state index in [1.54, 1.807) is 0 Å². The third-order valence-electron chi connectivity index (χ3n) is 5.53. The molecule has 3 heteroatoms. The molecule has 2 aliphatic rings. The Kier molecular flexibility index (Phi) is 6.89. The normalized spacial score (nSPS) is 30.7. The van der Waals surface area contributed by atoms with Crippen LogP contribution in [0.25, 0.3) is 0 Å². The minimum Gasteiger partial charge on any atom is -0.311 e. The summed E-state index contributed by atoms with van der Waals surface area (Å²) < 4.78 is 0.547. The van der Waals surface area contributed by atoms with Crippen LogP contribution in [0.5, 0.6) is 0 Å². The second-order valence-electron chi connectivity index (χ2n) is 7.67. The summed E-state index contributed by atoms with van der Waals surface area (Å²) >= 11 is 2.15. The van der Waals surface area contributed by atoms with E-state index < -0.39 is 0 Å². The third kappa shape index (κ3) is 4.87. The average Bonchev–Trinajstić information content (AvgIpc) is 2.48. The zero-order valence-electron chi connectivity index (χ0n) is 14.7. The van der Waals surface area contributed by atoms with Gasteiger partial charge in [0, 0.05) is 36.5 Å². The molecule has 1 saturated heterocycles. The van der Waals surface area contributed by atoms with Crippen molar-refractivity contribution < 1.29 is 0 Å². The molecule has 2 fully saturated rings. The van der Waals surface area contributed by atoms with Gasteiger partial charge in [-0.15, -0.1) is 0 Å². The minimum atomic E-state index is 0.547. The maximum Gasteiger partial charge on any atom is 0.0284 e. The zero-order valence-corrected chi connectivity index (χ0v) is 15.5. The first-order valence-corrected chi connectivity index (χ1v) is 10.3. The Bertz CT molecular complexity index is 300. The van der Waals surface area contributed by atoms with Crippen molar-refractivity contribution in [2.75, 3.05) is 25.9 Å². The quantitative estimate of drug-likeness (QED) is 0.793. The Hall–Kier alpha value is 0.270. The van der Waals surface area contributed by atoms with Crippen LogP contribution in [0, 0.1) is 5.92 Å². The SMILES string of the molecule is CCC1CNC(CC(C)C)CN1CC1(SC)CCCCC1. The van der Waals surface area contributed by atoms with Gasteiger partial charge in [0.2, 0.25) is 0 Å². The molecule has 2 rings (SSSR count). The zero-order chi connectivity index (χ0) is 15.3. The van der Waals surface area contributed by atoms with Crippen molar-refractivity contribution in [1.82, 2.24) is 10.2 Å². The number of nitrogens with zero attached hydrogens (tertiary/aromatic N) is 1. The minimum absolute atomic E-state index is 0.547. The van der Waals surface area contributed by atoms with Crippen LogP contribution in [0.3, 0.4) is 0 Å². The summed E-state index contributed by atoms with van der Waals surface area (Å²) in [6.07, 6.45) is 12.2. The van der Waals surface area contributed by atoms with E-state index in [9.17, 15) is 0 Å². The molecule has 1 aliphatic heterocycles. The number of hydrogen-bond donors (Lipinski definition) is 1. The molecular weight excluding hydrogens is 276 g/mol. The van der Waals surface area contributed by atoms with Crippen LogP contribution < -0.4 is 5.32 Å². The molecule has 0 amide bonds. The van der Waals surface area contributed by atoms with Gasteiger partial charge in [0.1, 0.15) is 0 Å². The number of hydrogen-bond acceptors (Lipinski definition) is 3. The van der Waals surface area contributed by atoms with Crippen molar-refractivity contribution >= 4 is 11.8 Å². The van der Waals surface area contributed by atoms with Gasteiger partial charge in [0.25, 0.3) is 0 Å². The maximum absolute atomic E-state index is 3.80. The number of rotatable bonds is 6. The topological polar surface area (TPSA) is 15.3 Å². The number of piperazine rings is 1. The van der Waals surface area contributed by atoms with E-state index in [0.717, 1.165) is 12.0 Å². The summed E-state index contributed by atoms with van der Waals surface area (Å²) in [7, 11) is 0. The lowest BCUT2D eigenvalue weighted by atomic mass is 9.86. The molecule has 2 unspecified atom stereocenters. The first-order valence-electron chi connectivity index (χ1n) is 9.11. The van der Waals surface area contributed by atoms with Crippen molar-refractivity contribution in [3.8, 4) is 0 Å². The van der Waals surface area contributed by atoms with Crippen molar-refractivity contribution in [2.45, 2.75) is 82.5 Å². The van der Waals surface area contributed by atoms with Gasteiger partial charge >= 0.3 is 0 Å². The van der Waals surface area contributed by atoms with Crippen LogP contribution >= 0.6 is 11.8 Å². The summed E-state index contributed by atoms with van der Waals surface area (Å²) in [5.41, 5.74) is 0. The van der Waals surface area contributed by atoms with Crippen LogP contribution in [0.2, 0.25) is 0 Å². The van der Waals surface area contributed by atoms with Crippen molar-refractivity contribution in [3.05, 3.63) is 0 Å². The van der Waals surface area contributed by atoms with E-state index in [2.05, 4.69) is 49.0 Å². The molecule has 0 aromatic rings. The Morgan fingerprint density at radius 1 is 1.24 bits per heavy atom. The second kappa shape index (κ2) is 8.21. The summed E-state index contributed by atoms with van der Waals surface area (Å²) in [6, 6.07) is 1.45. The fraction of sp³-hybridized carbons (Fsp3) is 1.00. The predicted octanol–water partition coefficient (Wildman–Crippen LogP) is 4.15. The summed E-state index contributed by atoms with van der Waals surface area (Å²) in [6.45, 7) is 10.8. The van der Waals surface area contributed by atoms with Gasteiger partial charge < -0.3 is 5.32 Å². The lowest BCUT2D eigenvalue weighted by molar-refractivity contribution is 0.0996. The number of thioether (sulfide) groups is 1. The van der Waals surface area contributed by atoms with Gasteiger partial charge in [-0.3, -0.25) is 4.90 Å². The summed E-state index contributed by atoms with van der Waals surface area (Å²) in [5.74, 6) is 0.798. The predicted molar refractivity (Wildman–Crippen MR) is 96.2 cm³/mol. The molecule has 0 radical (unpaired) electrons. The van der Waals surface area contributed by atoms with Gasteiger partial charge in [0.05, 0.1) is 0 Å². The van der Waals surface area contributed by atoms with E-state index in [0.29, 0.717) is 10.8 Å². The molecule has 2 atom stereocenters. The highest BCUT2D eigenvalue weighted by atomic mass is 32.2. The molecule has 0 aromatic heterocycles.